The van der Waals surface area contributed by atoms with E-state index in [9.17, 15) is 4.79 Å². The smallest absolute Gasteiger partial charge is 0.266 e. The second-order valence-electron chi connectivity index (χ2n) is 6.93. The predicted molar refractivity (Wildman–Crippen MR) is 112 cm³/mol. The minimum atomic E-state index is -0.0567. The Kier molecular flexibility index (Phi) is 4.81. The highest BCUT2D eigenvalue weighted by Gasteiger charge is 2.17. The molecule has 5 nitrogen and oxygen atoms in total. The SMILES string of the molecule is Cc1ccc(-n2c(SCc3c(C)noc3C)nc3ccccc3c2=O)c(C)c1. The van der Waals surface area contributed by atoms with Crippen LogP contribution >= 0.6 is 11.8 Å². The molecule has 2 aromatic carbocycles. The molecule has 0 spiro atoms. The first-order valence-electron chi connectivity index (χ1n) is 9.09. The highest BCUT2D eigenvalue weighted by molar-refractivity contribution is 7.98. The molecule has 4 rings (SSSR count). The summed E-state index contributed by atoms with van der Waals surface area (Å²) in [7, 11) is 0. The van der Waals surface area contributed by atoms with Crippen LogP contribution in [-0.4, -0.2) is 14.7 Å². The molecule has 0 N–H and O–H groups in total. The Morgan fingerprint density at radius 2 is 1.86 bits per heavy atom. The molecule has 142 valence electrons. The van der Waals surface area contributed by atoms with Crippen molar-refractivity contribution in [3.63, 3.8) is 0 Å². The normalized spacial score (nSPS) is 11.3. The zero-order chi connectivity index (χ0) is 19.8. The van der Waals surface area contributed by atoms with Gasteiger partial charge in [-0.05, 0) is 51.5 Å². The van der Waals surface area contributed by atoms with Gasteiger partial charge in [-0.2, -0.15) is 0 Å². The molecular weight excluding hydrogens is 370 g/mol. The van der Waals surface area contributed by atoms with Crippen LogP contribution < -0.4 is 5.56 Å². The van der Waals surface area contributed by atoms with Gasteiger partial charge in [-0.25, -0.2) is 4.98 Å². The van der Waals surface area contributed by atoms with Gasteiger partial charge in [0.15, 0.2) is 5.16 Å². The summed E-state index contributed by atoms with van der Waals surface area (Å²) in [4.78, 5) is 18.2. The van der Waals surface area contributed by atoms with E-state index in [-0.39, 0.29) is 5.56 Å². The molecule has 28 heavy (non-hydrogen) atoms. The van der Waals surface area contributed by atoms with E-state index in [4.69, 9.17) is 9.51 Å². The Morgan fingerprint density at radius 3 is 2.57 bits per heavy atom. The van der Waals surface area contributed by atoms with E-state index in [2.05, 4.69) is 11.2 Å². The molecule has 0 saturated carbocycles. The number of aryl methyl sites for hydroxylation is 4. The van der Waals surface area contributed by atoms with Crippen molar-refractivity contribution < 1.29 is 4.52 Å². The van der Waals surface area contributed by atoms with Gasteiger partial charge in [0, 0.05) is 11.3 Å². The largest absolute Gasteiger partial charge is 0.361 e. The van der Waals surface area contributed by atoms with Crippen molar-refractivity contribution in [3.8, 4) is 5.69 Å². The molecule has 6 heteroatoms. The molecule has 4 aromatic rings. The van der Waals surface area contributed by atoms with Crippen LogP contribution in [0.25, 0.3) is 16.6 Å². The van der Waals surface area contributed by atoms with Crippen LogP contribution in [0.2, 0.25) is 0 Å². The number of para-hydroxylation sites is 1. The minimum Gasteiger partial charge on any atom is -0.361 e. The molecule has 0 atom stereocenters. The number of hydrogen-bond donors (Lipinski definition) is 0. The maximum absolute atomic E-state index is 13.4. The van der Waals surface area contributed by atoms with E-state index in [0.29, 0.717) is 21.8 Å². The molecule has 0 fully saturated rings. The summed E-state index contributed by atoms with van der Waals surface area (Å²) in [6, 6.07) is 13.6. The quantitative estimate of drug-likeness (QED) is 0.366. The highest BCUT2D eigenvalue weighted by Crippen LogP contribution is 2.28. The van der Waals surface area contributed by atoms with Crippen LogP contribution in [0.4, 0.5) is 0 Å². The van der Waals surface area contributed by atoms with E-state index < -0.39 is 0 Å². The van der Waals surface area contributed by atoms with Crippen LogP contribution in [0, 0.1) is 27.7 Å². The van der Waals surface area contributed by atoms with Crippen molar-refractivity contribution in [1.82, 2.24) is 14.7 Å². The van der Waals surface area contributed by atoms with Gasteiger partial charge < -0.3 is 4.52 Å². The number of aromatic nitrogens is 3. The molecule has 0 aliphatic carbocycles. The van der Waals surface area contributed by atoms with Crippen molar-refractivity contribution in [2.75, 3.05) is 0 Å². The van der Waals surface area contributed by atoms with Crippen LogP contribution in [0.3, 0.4) is 0 Å². The molecule has 0 unspecified atom stereocenters. The minimum absolute atomic E-state index is 0.0567. The fraction of sp³-hybridized carbons (Fsp3) is 0.227. The van der Waals surface area contributed by atoms with Gasteiger partial charge in [0.2, 0.25) is 0 Å². The van der Waals surface area contributed by atoms with E-state index >= 15 is 0 Å². The Bertz CT molecular complexity index is 1220. The van der Waals surface area contributed by atoms with E-state index in [1.807, 2.05) is 64.1 Å². The Morgan fingerprint density at radius 1 is 1.07 bits per heavy atom. The number of benzene rings is 2. The third kappa shape index (κ3) is 3.24. The Hall–Kier alpha value is -2.86. The molecule has 0 amide bonds. The maximum atomic E-state index is 13.4. The lowest BCUT2D eigenvalue weighted by atomic mass is 10.1. The lowest BCUT2D eigenvalue weighted by molar-refractivity contribution is 0.392. The topological polar surface area (TPSA) is 60.9 Å². The molecule has 2 aromatic heterocycles. The molecule has 0 radical (unpaired) electrons. The van der Waals surface area contributed by atoms with Gasteiger partial charge in [0.25, 0.3) is 5.56 Å². The van der Waals surface area contributed by atoms with Gasteiger partial charge in [-0.1, -0.05) is 46.7 Å². The fourth-order valence-corrected chi connectivity index (χ4v) is 4.48. The fourth-order valence-electron chi connectivity index (χ4n) is 3.32. The molecule has 0 bridgehead atoms. The molecule has 0 aliphatic rings. The van der Waals surface area contributed by atoms with E-state index in [1.165, 1.54) is 11.8 Å². The first-order valence-corrected chi connectivity index (χ1v) is 10.1. The number of rotatable bonds is 4. The summed E-state index contributed by atoms with van der Waals surface area (Å²) in [6.45, 7) is 7.90. The second kappa shape index (κ2) is 7.28. The first kappa shape index (κ1) is 18.5. The van der Waals surface area contributed by atoms with Crippen LogP contribution in [0.1, 0.15) is 28.1 Å². The highest BCUT2D eigenvalue weighted by atomic mass is 32.2. The third-order valence-corrected chi connectivity index (χ3v) is 5.83. The summed E-state index contributed by atoms with van der Waals surface area (Å²) < 4.78 is 6.99. The summed E-state index contributed by atoms with van der Waals surface area (Å²) in [5, 5.41) is 5.30. The average molecular weight is 391 g/mol. The van der Waals surface area contributed by atoms with Gasteiger partial charge in [0.1, 0.15) is 5.76 Å². The lowest BCUT2D eigenvalue weighted by Gasteiger charge is -2.15. The standard InChI is InChI=1S/C22H21N3O2S/c1-13-9-10-20(14(2)11-13)25-21(26)17-7-5-6-8-19(17)23-22(25)28-12-18-15(3)24-27-16(18)4/h5-11H,12H2,1-4H3. The second-order valence-corrected chi connectivity index (χ2v) is 7.88. The number of nitrogens with zero attached hydrogens (tertiary/aromatic N) is 3. The van der Waals surface area contributed by atoms with Crippen LogP contribution in [0.15, 0.2) is 56.9 Å². The molecule has 0 aliphatic heterocycles. The van der Waals surface area contributed by atoms with Crippen molar-refractivity contribution in [2.45, 2.75) is 38.6 Å². The summed E-state index contributed by atoms with van der Waals surface area (Å²) in [5.41, 5.74) is 5.61. The molecule has 0 saturated heterocycles. The van der Waals surface area contributed by atoms with E-state index in [0.717, 1.165) is 33.8 Å². The summed E-state index contributed by atoms with van der Waals surface area (Å²) in [5.74, 6) is 1.43. The number of thioether (sulfide) groups is 1. The summed E-state index contributed by atoms with van der Waals surface area (Å²) >= 11 is 1.52. The van der Waals surface area contributed by atoms with Crippen LogP contribution in [0.5, 0.6) is 0 Å². The van der Waals surface area contributed by atoms with Crippen molar-refractivity contribution in [1.29, 1.82) is 0 Å². The number of fused-ring (bicyclic) bond motifs is 1. The van der Waals surface area contributed by atoms with Gasteiger partial charge in [-0.3, -0.25) is 9.36 Å². The zero-order valence-corrected chi connectivity index (χ0v) is 17.1. The number of hydrogen-bond acceptors (Lipinski definition) is 5. The van der Waals surface area contributed by atoms with Crippen LogP contribution in [-0.2, 0) is 5.75 Å². The molecular formula is C22H21N3O2S. The van der Waals surface area contributed by atoms with Gasteiger partial charge in [-0.15, -0.1) is 0 Å². The van der Waals surface area contributed by atoms with Crippen molar-refractivity contribution in [2.24, 2.45) is 0 Å². The van der Waals surface area contributed by atoms with Gasteiger partial charge in [0.05, 0.1) is 22.3 Å². The average Bonchev–Trinajstić information content (AvgIpc) is 2.99. The Balaban J connectivity index is 1.89. The maximum Gasteiger partial charge on any atom is 0.266 e. The van der Waals surface area contributed by atoms with Crippen molar-refractivity contribution >= 4 is 22.7 Å². The van der Waals surface area contributed by atoms with Gasteiger partial charge >= 0.3 is 0 Å². The van der Waals surface area contributed by atoms with Crippen molar-refractivity contribution in [3.05, 3.63) is 81.0 Å². The predicted octanol–water partition coefficient (Wildman–Crippen LogP) is 4.90. The van der Waals surface area contributed by atoms with E-state index in [1.54, 1.807) is 4.57 Å². The third-order valence-electron chi connectivity index (χ3n) is 4.86. The first-order chi connectivity index (χ1) is 13.5. The Labute approximate surface area is 167 Å². The summed E-state index contributed by atoms with van der Waals surface area (Å²) in [6.07, 6.45) is 0. The molecule has 2 heterocycles. The zero-order valence-electron chi connectivity index (χ0n) is 16.3. The lowest BCUT2D eigenvalue weighted by Crippen LogP contribution is -2.22. The monoisotopic (exact) mass is 391 g/mol.